The number of likely N-dealkylation sites (tertiary alicyclic amines) is 1. The molecule has 27 heavy (non-hydrogen) atoms. The monoisotopic (exact) mass is 389 g/mol. The Bertz CT molecular complexity index is 789. The van der Waals surface area contributed by atoms with E-state index < -0.39 is 5.97 Å². The number of carbonyl (C=O) groups excluding carboxylic acids is 2. The van der Waals surface area contributed by atoms with Gasteiger partial charge in [0, 0.05) is 24.5 Å². The van der Waals surface area contributed by atoms with Crippen LogP contribution in [0.4, 0.5) is 0 Å². The summed E-state index contributed by atoms with van der Waals surface area (Å²) in [4.78, 5) is 27.4. The van der Waals surface area contributed by atoms with Gasteiger partial charge in [-0.25, -0.2) is 9.48 Å². The molecule has 1 fully saturated rings. The van der Waals surface area contributed by atoms with Crippen LogP contribution in [0.1, 0.15) is 42.4 Å². The summed E-state index contributed by atoms with van der Waals surface area (Å²) >= 11 is 1.37. The molecule has 9 heteroatoms. The SMILES string of the molecule is CCCn1nnnc1COC(=O)c1ccccc1SCC(=O)N1CCCC1. The number of aromatic nitrogens is 4. The number of hydrogen-bond donors (Lipinski definition) is 0. The Morgan fingerprint density at radius 3 is 2.78 bits per heavy atom. The van der Waals surface area contributed by atoms with Crippen molar-refractivity contribution in [2.75, 3.05) is 18.8 Å². The Hall–Kier alpha value is -2.42. The van der Waals surface area contributed by atoms with Gasteiger partial charge in [0.15, 0.2) is 12.4 Å². The van der Waals surface area contributed by atoms with Gasteiger partial charge < -0.3 is 9.64 Å². The van der Waals surface area contributed by atoms with Crippen molar-refractivity contribution in [2.24, 2.45) is 0 Å². The lowest BCUT2D eigenvalue weighted by atomic mass is 10.2. The number of benzene rings is 1. The van der Waals surface area contributed by atoms with Crippen molar-refractivity contribution in [1.82, 2.24) is 25.1 Å². The Morgan fingerprint density at radius 2 is 2.00 bits per heavy atom. The average molecular weight is 389 g/mol. The van der Waals surface area contributed by atoms with Gasteiger partial charge in [0.25, 0.3) is 0 Å². The molecule has 0 N–H and O–H groups in total. The van der Waals surface area contributed by atoms with Crippen molar-refractivity contribution < 1.29 is 14.3 Å². The molecule has 144 valence electrons. The van der Waals surface area contributed by atoms with Crippen molar-refractivity contribution in [1.29, 1.82) is 0 Å². The van der Waals surface area contributed by atoms with Crippen molar-refractivity contribution in [3.05, 3.63) is 35.7 Å². The molecule has 2 aromatic rings. The molecule has 1 amide bonds. The van der Waals surface area contributed by atoms with E-state index >= 15 is 0 Å². The number of hydrogen-bond acceptors (Lipinski definition) is 7. The first-order chi connectivity index (χ1) is 13.2. The molecule has 0 radical (unpaired) electrons. The van der Waals surface area contributed by atoms with E-state index in [9.17, 15) is 9.59 Å². The molecule has 1 aliphatic rings. The van der Waals surface area contributed by atoms with Gasteiger partial charge in [0.2, 0.25) is 5.91 Å². The molecule has 2 heterocycles. The zero-order chi connectivity index (χ0) is 19.1. The third kappa shape index (κ3) is 5.06. The number of ether oxygens (including phenoxy) is 1. The lowest BCUT2D eigenvalue weighted by molar-refractivity contribution is -0.127. The number of nitrogens with zero attached hydrogens (tertiary/aromatic N) is 5. The largest absolute Gasteiger partial charge is 0.454 e. The zero-order valence-electron chi connectivity index (χ0n) is 15.3. The number of amides is 1. The van der Waals surface area contributed by atoms with E-state index in [1.807, 2.05) is 24.0 Å². The highest BCUT2D eigenvalue weighted by Crippen LogP contribution is 2.24. The van der Waals surface area contributed by atoms with Crippen LogP contribution in [0.2, 0.25) is 0 Å². The van der Waals surface area contributed by atoms with Gasteiger partial charge in [-0.2, -0.15) is 0 Å². The van der Waals surface area contributed by atoms with Crippen LogP contribution in [0, 0.1) is 0 Å². The Labute approximate surface area is 162 Å². The van der Waals surface area contributed by atoms with Gasteiger partial charge in [-0.1, -0.05) is 19.1 Å². The molecule has 0 bridgehead atoms. The molecule has 0 spiro atoms. The van der Waals surface area contributed by atoms with E-state index in [1.165, 1.54) is 11.8 Å². The zero-order valence-corrected chi connectivity index (χ0v) is 16.2. The van der Waals surface area contributed by atoms with Crippen molar-refractivity contribution in [3.8, 4) is 0 Å². The lowest BCUT2D eigenvalue weighted by Gasteiger charge is -2.15. The molecule has 1 aliphatic heterocycles. The quantitative estimate of drug-likeness (QED) is 0.505. The molecule has 0 unspecified atom stereocenters. The first-order valence-electron chi connectivity index (χ1n) is 9.10. The smallest absolute Gasteiger partial charge is 0.339 e. The second kappa shape index (κ2) is 9.50. The Balaban J connectivity index is 1.59. The van der Waals surface area contributed by atoms with E-state index in [1.54, 1.807) is 16.8 Å². The van der Waals surface area contributed by atoms with Crippen LogP contribution in [0.3, 0.4) is 0 Å². The van der Waals surface area contributed by atoms with Crippen LogP contribution in [-0.4, -0.2) is 55.8 Å². The number of aryl methyl sites for hydroxylation is 1. The first kappa shape index (κ1) is 19.3. The predicted molar refractivity (Wildman–Crippen MR) is 100 cm³/mol. The second-order valence-electron chi connectivity index (χ2n) is 6.27. The highest BCUT2D eigenvalue weighted by atomic mass is 32.2. The molecule has 0 aliphatic carbocycles. The number of esters is 1. The summed E-state index contributed by atoms with van der Waals surface area (Å²) in [6.45, 7) is 4.36. The average Bonchev–Trinajstić information content (AvgIpc) is 3.37. The topological polar surface area (TPSA) is 90.2 Å². The number of rotatable bonds is 8. The highest BCUT2D eigenvalue weighted by molar-refractivity contribution is 8.00. The Morgan fingerprint density at radius 1 is 1.22 bits per heavy atom. The van der Waals surface area contributed by atoms with Gasteiger partial charge in [-0.15, -0.1) is 16.9 Å². The molecule has 3 rings (SSSR count). The van der Waals surface area contributed by atoms with Gasteiger partial charge in [0.1, 0.15) is 0 Å². The van der Waals surface area contributed by atoms with Crippen LogP contribution in [0.5, 0.6) is 0 Å². The maximum Gasteiger partial charge on any atom is 0.339 e. The number of carbonyl (C=O) groups is 2. The molecule has 0 atom stereocenters. The summed E-state index contributed by atoms with van der Waals surface area (Å²) in [5.41, 5.74) is 0.450. The standard InChI is InChI=1S/C18H23N5O3S/c1-2-9-23-16(19-20-21-23)12-26-18(25)14-7-3-4-8-15(14)27-13-17(24)22-10-5-6-11-22/h3-4,7-8H,2,5-6,9-13H2,1H3. The summed E-state index contributed by atoms with van der Waals surface area (Å²) in [5, 5.41) is 11.4. The fraction of sp³-hybridized carbons (Fsp3) is 0.500. The van der Waals surface area contributed by atoms with E-state index in [-0.39, 0.29) is 12.5 Å². The number of thioether (sulfide) groups is 1. The van der Waals surface area contributed by atoms with Crippen LogP contribution >= 0.6 is 11.8 Å². The minimum Gasteiger partial charge on any atom is -0.454 e. The normalized spacial score (nSPS) is 13.7. The highest BCUT2D eigenvalue weighted by Gasteiger charge is 2.20. The minimum atomic E-state index is -0.447. The lowest BCUT2D eigenvalue weighted by Crippen LogP contribution is -2.29. The molecule has 1 aromatic heterocycles. The fourth-order valence-corrected chi connectivity index (χ4v) is 3.82. The predicted octanol–water partition coefficient (Wildman–Crippen LogP) is 2.15. The summed E-state index contributed by atoms with van der Waals surface area (Å²) in [7, 11) is 0. The summed E-state index contributed by atoms with van der Waals surface area (Å²) in [6.07, 6.45) is 3.02. The van der Waals surface area contributed by atoms with Crippen LogP contribution in [0.15, 0.2) is 29.2 Å². The summed E-state index contributed by atoms with van der Waals surface area (Å²) < 4.78 is 7.02. The molecular formula is C18H23N5O3S. The van der Waals surface area contributed by atoms with E-state index in [4.69, 9.17) is 4.74 Å². The van der Waals surface area contributed by atoms with Crippen LogP contribution < -0.4 is 0 Å². The van der Waals surface area contributed by atoms with Crippen LogP contribution in [0.25, 0.3) is 0 Å². The third-order valence-electron chi connectivity index (χ3n) is 4.29. The van der Waals surface area contributed by atoms with Crippen molar-refractivity contribution in [2.45, 2.75) is 44.2 Å². The van der Waals surface area contributed by atoms with Gasteiger partial charge in [0.05, 0.1) is 11.3 Å². The van der Waals surface area contributed by atoms with Gasteiger partial charge in [-0.3, -0.25) is 4.79 Å². The maximum atomic E-state index is 12.5. The molecule has 0 saturated carbocycles. The van der Waals surface area contributed by atoms with E-state index in [0.717, 1.165) is 37.2 Å². The van der Waals surface area contributed by atoms with Gasteiger partial charge >= 0.3 is 5.97 Å². The van der Waals surface area contributed by atoms with E-state index in [2.05, 4.69) is 15.5 Å². The Kier molecular flexibility index (Phi) is 6.80. The van der Waals surface area contributed by atoms with Gasteiger partial charge in [-0.05, 0) is 41.8 Å². The molecule has 1 saturated heterocycles. The third-order valence-corrected chi connectivity index (χ3v) is 5.35. The maximum absolute atomic E-state index is 12.5. The summed E-state index contributed by atoms with van der Waals surface area (Å²) in [5.74, 6) is 0.496. The van der Waals surface area contributed by atoms with E-state index in [0.29, 0.717) is 23.7 Å². The molecule has 1 aromatic carbocycles. The van der Waals surface area contributed by atoms with Crippen LogP contribution in [-0.2, 0) is 22.7 Å². The molecular weight excluding hydrogens is 366 g/mol. The molecule has 8 nitrogen and oxygen atoms in total. The second-order valence-corrected chi connectivity index (χ2v) is 7.28. The van der Waals surface area contributed by atoms with Crippen molar-refractivity contribution in [3.63, 3.8) is 0 Å². The van der Waals surface area contributed by atoms with Crippen molar-refractivity contribution >= 4 is 23.6 Å². The fourth-order valence-electron chi connectivity index (χ4n) is 2.88. The first-order valence-corrected chi connectivity index (χ1v) is 10.1. The summed E-state index contributed by atoms with van der Waals surface area (Å²) in [6, 6.07) is 7.17. The number of tetrazole rings is 1. The minimum absolute atomic E-state index is 0.0115.